The second-order valence-corrected chi connectivity index (χ2v) is 9.67. The van der Waals surface area contributed by atoms with Crippen molar-refractivity contribution in [1.82, 2.24) is 20.4 Å². The Hall–Kier alpha value is 0.1000. The van der Waals surface area contributed by atoms with Crippen LogP contribution < -0.4 is 10.6 Å². The number of guanidine groups is 1. The lowest BCUT2D eigenvalue weighted by Crippen LogP contribution is -2.53. The Bertz CT molecular complexity index is 535. The van der Waals surface area contributed by atoms with Crippen molar-refractivity contribution in [2.75, 3.05) is 46.3 Å². The van der Waals surface area contributed by atoms with Gasteiger partial charge in [0.25, 0.3) is 0 Å². The fraction of sp³-hybridized carbons (Fsp3) is 0.706. The van der Waals surface area contributed by atoms with Gasteiger partial charge in [-0.1, -0.05) is 0 Å². The molecule has 144 valence electrons. The van der Waals surface area contributed by atoms with E-state index in [1.165, 1.54) is 8.66 Å². The quantitative estimate of drug-likeness (QED) is 0.259. The molecule has 5 nitrogen and oxygen atoms in total. The van der Waals surface area contributed by atoms with Crippen LogP contribution in [-0.2, 0) is 6.54 Å². The molecule has 8 heteroatoms. The van der Waals surface area contributed by atoms with E-state index in [1.54, 1.807) is 0 Å². The zero-order chi connectivity index (χ0) is 17.6. The van der Waals surface area contributed by atoms with Crippen LogP contribution in [0.2, 0.25) is 0 Å². The maximum Gasteiger partial charge on any atom is 0.193 e. The third-order valence-electron chi connectivity index (χ3n) is 3.96. The number of piperazine rings is 1. The van der Waals surface area contributed by atoms with E-state index < -0.39 is 0 Å². The van der Waals surface area contributed by atoms with Gasteiger partial charge in [-0.05, 0) is 48.8 Å². The highest BCUT2D eigenvalue weighted by molar-refractivity contribution is 14.0. The molecule has 0 aromatic carbocycles. The van der Waals surface area contributed by atoms with Crippen LogP contribution in [0.15, 0.2) is 20.9 Å². The molecule has 0 atom stereocenters. The Labute approximate surface area is 181 Å². The van der Waals surface area contributed by atoms with Crippen LogP contribution >= 0.6 is 51.2 Å². The zero-order valence-electron chi connectivity index (χ0n) is 15.6. The summed E-state index contributed by atoms with van der Waals surface area (Å²) in [6, 6.07) is 4.34. The highest BCUT2D eigenvalue weighted by atomic mass is 127. The van der Waals surface area contributed by atoms with Gasteiger partial charge in [0, 0.05) is 63.3 Å². The molecule has 2 N–H and O–H groups in total. The van der Waals surface area contributed by atoms with Gasteiger partial charge in [0.2, 0.25) is 0 Å². The normalized spacial score (nSPS) is 16.7. The second kappa shape index (κ2) is 11.1. The molecule has 0 spiro atoms. The van der Waals surface area contributed by atoms with Gasteiger partial charge in [-0.15, -0.1) is 35.3 Å². The lowest BCUT2D eigenvalue weighted by Gasteiger charge is -2.36. The Kier molecular flexibility index (Phi) is 10.2. The monoisotopic (exact) mass is 543 g/mol. The molecule has 0 radical (unpaired) electrons. The molecule has 1 aromatic rings. The van der Waals surface area contributed by atoms with Crippen molar-refractivity contribution in [3.63, 3.8) is 0 Å². The number of aliphatic imine (C=N–C) groups is 1. The van der Waals surface area contributed by atoms with Crippen molar-refractivity contribution in [2.45, 2.75) is 32.9 Å². The molecule has 0 amide bonds. The summed E-state index contributed by atoms with van der Waals surface area (Å²) >= 11 is 5.37. The molecule has 1 aliphatic rings. The summed E-state index contributed by atoms with van der Waals surface area (Å²) < 4.78 is 1.21. The van der Waals surface area contributed by atoms with Crippen LogP contribution in [0.3, 0.4) is 0 Å². The van der Waals surface area contributed by atoms with E-state index in [0.717, 1.165) is 51.8 Å². The van der Waals surface area contributed by atoms with Crippen LogP contribution in [0.4, 0.5) is 0 Å². The highest BCUT2D eigenvalue weighted by Crippen LogP contribution is 2.23. The summed E-state index contributed by atoms with van der Waals surface area (Å²) in [7, 11) is 1.87. The van der Waals surface area contributed by atoms with Gasteiger partial charge in [-0.3, -0.25) is 9.89 Å². The third-order valence-corrected chi connectivity index (χ3v) is 5.56. The van der Waals surface area contributed by atoms with E-state index in [1.807, 2.05) is 18.4 Å². The van der Waals surface area contributed by atoms with Gasteiger partial charge in [0.05, 0.1) is 3.79 Å². The van der Waals surface area contributed by atoms with Gasteiger partial charge in [-0.2, -0.15) is 0 Å². The number of hydrogen-bond donors (Lipinski definition) is 2. The number of rotatable bonds is 5. The minimum absolute atomic E-state index is 0. The van der Waals surface area contributed by atoms with Crippen molar-refractivity contribution in [3.05, 3.63) is 20.8 Å². The van der Waals surface area contributed by atoms with E-state index >= 15 is 0 Å². The first-order valence-corrected chi connectivity index (χ1v) is 10.2. The average Bonchev–Trinajstić information content (AvgIpc) is 2.92. The highest BCUT2D eigenvalue weighted by Gasteiger charge is 2.20. The fourth-order valence-electron chi connectivity index (χ4n) is 2.72. The maximum absolute atomic E-state index is 4.44. The number of nitrogens with one attached hydrogen (secondary N) is 2. The lowest BCUT2D eigenvalue weighted by atomic mass is 10.1. The summed E-state index contributed by atoms with van der Waals surface area (Å²) in [4.78, 5) is 10.7. The summed E-state index contributed by atoms with van der Waals surface area (Å²) in [5.41, 5.74) is 0.160. The van der Waals surface area contributed by atoms with Crippen molar-refractivity contribution >= 4 is 57.2 Å². The molecule has 1 aliphatic heterocycles. The fourth-order valence-corrected chi connectivity index (χ4v) is 4.24. The molecule has 1 aromatic heterocycles. The Morgan fingerprint density at radius 1 is 1.20 bits per heavy atom. The lowest BCUT2D eigenvalue weighted by molar-refractivity contribution is 0.173. The van der Waals surface area contributed by atoms with Gasteiger partial charge in [0.1, 0.15) is 0 Å². The smallest absolute Gasteiger partial charge is 0.193 e. The average molecular weight is 544 g/mol. The first-order chi connectivity index (χ1) is 11.4. The first-order valence-electron chi connectivity index (χ1n) is 8.54. The second-order valence-electron chi connectivity index (χ2n) is 7.12. The molecule has 2 rings (SSSR count). The summed E-state index contributed by atoms with van der Waals surface area (Å²) in [6.45, 7) is 13.7. The predicted octanol–water partition coefficient (Wildman–Crippen LogP) is 3.21. The molecule has 0 saturated carbocycles. The first kappa shape index (κ1) is 23.1. The van der Waals surface area contributed by atoms with Crippen molar-refractivity contribution in [3.8, 4) is 0 Å². The Balaban J connectivity index is 0.00000312. The third kappa shape index (κ3) is 8.55. The summed E-state index contributed by atoms with van der Waals surface area (Å²) in [5, 5.41) is 6.96. The molecular formula is C17H31BrIN5S. The Morgan fingerprint density at radius 2 is 1.88 bits per heavy atom. The number of hydrogen-bond acceptors (Lipinski definition) is 4. The van der Waals surface area contributed by atoms with Crippen LogP contribution in [-0.4, -0.2) is 67.6 Å². The Morgan fingerprint density at radius 3 is 2.40 bits per heavy atom. The standard InChI is InChI=1S/C17H30BrN5S.HI/c1-17(2,3)21-8-7-20-16(19-4)23-11-9-22(10-12-23)13-14-5-6-15(18)24-14;/h5-6,21H,7-13H2,1-4H3,(H,19,20);1H. The number of thiophene rings is 1. The molecule has 1 fully saturated rings. The van der Waals surface area contributed by atoms with Gasteiger partial charge >= 0.3 is 0 Å². The topological polar surface area (TPSA) is 42.9 Å². The van der Waals surface area contributed by atoms with Crippen LogP contribution in [0, 0.1) is 0 Å². The molecule has 0 aliphatic carbocycles. The van der Waals surface area contributed by atoms with E-state index in [0.29, 0.717) is 0 Å². The molecule has 1 saturated heterocycles. The van der Waals surface area contributed by atoms with Crippen molar-refractivity contribution < 1.29 is 0 Å². The molecule has 0 bridgehead atoms. The minimum atomic E-state index is 0. The van der Waals surface area contributed by atoms with Crippen molar-refractivity contribution in [1.29, 1.82) is 0 Å². The maximum atomic E-state index is 4.44. The van der Waals surface area contributed by atoms with Gasteiger partial charge in [-0.25, -0.2) is 0 Å². The van der Waals surface area contributed by atoms with E-state index in [2.05, 4.69) is 74.3 Å². The largest absolute Gasteiger partial charge is 0.355 e. The van der Waals surface area contributed by atoms with E-state index in [9.17, 15) is 0 Å². The van der Waals surface area contributed by atoms with E-state index in [4.69, 9.17) is 0 Å². The van der Waals surface area contributed by atoms with E-state index in [-0.39, 0.29) is 29.5 Å². The van der Waals surface area contributed by atoms with Crippen molar-refractivity contribution in [2.24, 2.45) is 4.99 Å². The summed E-state index contributed by atoms with van der Waals surface area (Å²) in [6.07, 6.45) is 0. The molecule has 25 heavy (non-hydrogen) atoms. The number of halogens is 2. The van der Waals surface area contributed by atoms with Crippen LogP contribution in [0.25, 0.3) is 0 Å². The predicted molar refractivity (Wildman–Crippen MR) is 123 cm³/mol. The van der Waals surface area contributed by atoms with Gasteiger partial charge in [0.15, 0.2) is 5.96 Å². The molecule has 0 unspecified atom stereocenters. The SMILES string of the molecule is CN=C(NCCNC(C)(C)C)N1CCN(Cc2ccc(Br)s2)CC1.I. The minimum Gasteiger partial charge on any atom is -0.355 e. The summed E-state index contributed by atoms with van der Waals surface area (Å²) in [5.74, 6) is 1.02. The van der Waals surface area contributed by atoms with Crippen LogP contribution in [0.5, 0.6) is 0 Å². The molecule has 2 heterocycles. The van der Waals surface area contributed by atoms with Gasteiger partial charge < -0.3 is 15.5 Å². The zero-order valence-corrected chi connectivity index (χ0v) is 20.4. The number of nitrogens with zero attached hydrogens (tertiary/aromatic N) is 3. The molecular weight excluding hydrogens is 513 g/mol. The van der Waals surface area contributed by atoms with Crippen LogP contribution in [0.1, 0.15) is 25.6 Å².